The van der Waals surface area contributed by atoms with E-state index in [1.807, 2.05) is 37.4 Å². The number of rotatable bonds is 5. The van der Waals surface area contributed by atoms with Crippen LogP contribution in [0.5, 0.6) is 5.75 Å². The first kappa shape index (κ1) is 17.9. The van der Waals surface area contributed by atoms with E-state index < -0.39 is 0 Å². The SMILES string of the molecule is CC(C)COc1ccc(C(=O)NC(=S)N(C)c2ccccc2)cc1. The Hall–Kier alpha value is -2.40. The Balaban J connectivity index is 1.95. The fourth-order valence-corrected chi connectivity index (χ4v) is 2.19. The van der Waals surface area contributed by atoms with Gasteiger partial charge in [0.1, 0.15) is 5.75 Å². The number of hydrogen-bond donors (Lipinski definition) is 1. The van der Waals surface area contributed by atoms with Gasteiger partial charge in [0.25, 0.3) is 5.91 Å². The van der Waals surface area contributed by atoms with Gasteiger partial charge in [-0.3, -0.25) is 10.1 Å². The van der Waals surface area contributed by atoms with Crippen LogP contribution >= 0.6 is 12.2 Å². The first-order chi connectivity index (χ1) is 11.5. The van der Waals surface area contributed by atoms with Crippen molar-refractivity contribution in [3.63, 3.8) is 0 Å². The molecule has 1 N–H and O–H groups in total. The summed E-state index contributed by atoms with van der Waals surface area (Å²) in [5, 5.41) is 3.09. The number of amides is 1. The monoisotopic (exact) mass is 342 g/mol. The lowest BCUT2D eigenvalue weighted by molar-refractivity contribution is 0.0977. The summed E-state index contributed by atoms with van der Waals surface area (Å²) in [7, 11) is 1.82. The molecular weight excluding hydrogens is 320 g/mol. The number of carbonyl (C=O) groups excluding carboxylic acids is 1. The minimum atomic E-state index is -0.238. The van der Waals surface area contributed by atoms with Gasteiger partial charge in [-0.1, -0.05) is 32.0 Å². The van der Waals surface area contributed by atoms with Crippen molar-refractivity contribution in [3.8, 4) is 5.75 Å². The number of nitrogens with one attached hydrogen (secondary N) is 1. The molecule has 0 heterocycles. The summed E-state index contributed by atoms with van der Waals surface area (Å²) in [6.45, 7) is 4.83. The van der Waals surface area contributed by atoms with Crippen LogP contribution in [0.15, 0.2) is 54.6 Å². The quantitative estimate of drug-likeness (QED) is 0.838. The average Bonchev–Trinajstić information content (AvgIpc) is 2.60. The van der Waals surface area contributed by atoms with E-state index in [9.17, 15) is 4.79 Å². The highest BCUT2D eigenvalue weighted by molar-refractivity contribution is 7.80. The van der Waals surface area contributed by atoms with E-state index in [0.29, 0.717) is 23.2 Å². The first-order valence-corrected chi connectivity index (χ1v) is 8.25. The zero-order valence-electron chi connectivity index (χ0n) is 14.2. The topological polar surface area (TPSA) is 41.6 Å². The second-order valence-corrected chi connectivity index (χ2v) is 6.27. The molecule has 2 aromatic carbocycles. The Morgan fingerprint density at radius 2 is 1.75 bits per heavy atom. The van der Waals surface area contributed by atoms with Crippen molar-refractivity contribution < 1.29 is 9.53 Å². The van der Waals surface area contributed by atoms with E-state index in [2.05, 4.69) is 19.2 Å². The van der Waals surface area contributed by atoms with Gasteiger partial charge in [0.05, 0.1) is 6.61 Å². The Morgan fingerprint density at radius 1 is 1.12 bits per heavy atom. The third-order valence-corrected chi connectivity index (χ3v) is 3.74. The van der Waals surface area contributed by atoms with Crippen molar-refractivity contribution in [1.29, 1.82) is 0 Å². The lowest BCUT2D eigenvalue weighted by atomic mass is 10.2. The molecular formula is C19H22N2O2S. The van der Waals surface area contributed by atoms with Gasteiger partial charge < -0.3 is 9.64 Å². The molecule has 0 aromatic heterocycles. The van der Waals surface area contributed by atoms with E-state index in [1.165, 1.54) is 0 Å². The number of anilines is 1. The van der Waals surface area contributed by atoms with Gasteiger partial charge in [0, 0.05) is 18.3 Å². The molecule has 0 atom stereocenters. The van der Waals surface area contributed by atoms with Gasteiger partial charge in [-0.2, -0.15) is 0 Å². The molecule has 0 spiro atoms. The lowest BCUT2D eigenvalue weighted by Crippen LogP contribution is -2.40. The molecule has 0 aliphatic rings. The van der Waals surface area contributed by atoms with Crippen molar-refractivity contribution in [2.45, 2.75) is 13.8 Å². The molecule has 0 fully saturated rings. The smallest absolute Gasteiger partial charge is 0.257 e. The normalized spacial score (nSPS) is 10.3. The molecule has 0 aliphatic heterocycles. The standard InChI is InChI=1S/C19H22N2O2S/c1-14(2)13-23-17-11-9-15(10-12-17)18(22)20-19(24)21(3)16-7-5-4-6-8-16/h4-12,14H,13H2,1-3H3,(H,20,22,24). The molecule has 0 aliphatic carbocycles. The molecule has 1 amide bonds. The van der Waals surface area contributed by atoms with Gasteiger partial charge in [0.15, 0.2) is 5.11 Å². The van der Waals surface area contributed by atoms with Crippen LogP contribution in [0.2, 0.25) is 0 Å². The van der Waals surface area contributed by atoms with Crippen LogP contribution in [-0.4, -0.2) is 24.7 Å². The van der Waals surface area contributed by atoms with E-state index in [-0.39, 0.29) is 5.91 Å². The van der Waals surface area contributed by atoms with Crippen molar-refractivity contribution >= 4 is 28.9 Å². The lowest BCUT2D eigenvalue weighted by Gasteiger charge is -2.20. The number of nitrogens with zero attached hydrogens (tertiary/aromatic N) is 1. The van der Waals surface area contributed by atoms with Crippen LogP contribution in [-0.2, 0) is 0 Å². The summed E-state index contributed by atoms with van der Waals surface area (Å²) in [4.78, 5) is 14.1. The van der Waals surface area contributed by atoms with Gasteiger partial charge >= 0.3 is 0 Å². The van der Waals surface area contributed by atoms with Crippen LogP contribution in [0, 0.1) is 5.92 Å². The molecule has 0 saturated heterocycles. The van der Waals surface area contributed by atoms with Crippen LogP contribution in [0.25, 0.3) is 0 Å². The van der Waals surface area contributed by atoms with Crippen molar-refractivity contribution in [2.75, 3.05) is 18.6 Å². The van der Waals surface area contributed by atoms with Gasteiger partial charge in [-0.25, -0.2) is 0 Å². The number of hydrogen-bond acceptors (Lipinski definition) is 3. The van der Waals surface area contributed by atoms with Crippen LogP contribution < -0.4 is 15.0 Å². The molecule has 4 nitrogen and oxygen atoms in total. The van der Waals surface area contributed by atoms with Crippen molar-refractivity contribution in [1.82, 2.24) is 5.32 Å². The maximum atomic E-state index is 12.3. The zero-order valence-corrected chi connectivity index (χ0v) is 15.0. The molecule has 5 heteroatoms. The highest BCUT2D eigenvalue weighted by atomic mass is 32.1. The number of thiocarbonyl (C=S) groups is 1. The second-order valence-electron chi connectivity index (χ2n) is 5.88. The fourth-order valence-electron chi connectivity index (χ4n) is 1.99. The summed E-state index contributed by atoms with van der Waals surface area (Å²) in [5.41, 5.74) is 1.45. The minimum absolute atomic E-state index is 0.238. The third-order valence-electron chi connectivity index (χ3n) is 3.37. The molecule has 0 bridgehead atoms. The minimum Gasteiger partial charge on any atom is -0.493 e. The maximum Gasteiger partial charge on any atom is 0.257 e. The van der Waals surface area contributed by atoms with E-state index in [0.717, 1.165) is 11.4 Å². The van der Waals surface area contributed by atoms with Crippen LogP contribution in [0.3, 0.4) is 0 Å². The largest absolute Gasteiger partial charge is 0.493 e. The maximum absolute atomic E-state index is 12.3. The molecule has 24 heavy (non-hydrogen) atoms. The molecule has 2 rings (SSSR count). The Kier molecular flexibility index (Phi) is 6.32. The summed E-state index contributed by atoms with van der Waals surface area (Å²) in [5.74, 6) is 0.973. The Bertz CT molecular complexity index is 684. The summed E-state index contributed by atoms with van der Waals surface area (Å²) in [6.07, 6.45) is 0. The molecule has 0 radical (unpaired) electrons. The molecule has 0 saturated carbocycles. The Labute approximate surface area is 148 Å². The van der Waals surface area contributed by atoms with Gasteiger partial charge in [-0.15, -0.1) is 0 Å². The number of carbonyl (C=O) groups is 1. The number of para-hydroxylation sites is 1. The zero-order chi connectivity index (χ0) is 17.5. The molecule has 0 unspecified atom stereocenters. The van der Waals surface area contributed by atoms with Crippen molar-refractivity contribution in [3.05, 3.63) is 60.2 Å². The first-order valence-electron chi connectivity index (χ1n) is 7.84. The molecule has 126 valence electrons. The van der Waals surface area contributed by atoms with E-state index >= 15 is 0 Å². The Morgan fingerprint density at radius 3 is 2.33 bits per heavy atom. The van der Waals surface area contributed by atoms with Crippen LogP contribution in [0.1, 0.15) is 24.2 Å². The molecule has 2 aromatic rings. The van der Waals surface area contributed by atoms with Gasteiger partial charge in [-0.05, 0) is 54.5 Å². The van der Waals surface area contributed by atoms with Gasteiger partial charge in [0.2, 0.25) is 0 Å². The highest BCUT2D eigenvalue weighted by Gasteiger charge is 2.12. The third kappa shape index (κ3) is 5.06. The summed E-state index contributed by atoms with van der Waals surface area (Å²) >= 11 is 5.30. The predicted molar refractivity (Wildman–Crippen MR) is 102 cm³/mol. The highest BCUT2D eigenvalue weighted by Crippen LogP contribution is 2.14. The second kappa shape index (κ2) is 8.45. The summed E-state index contributed by atoms with van der Waals surface area (Å²) < 4.78 is 5.61. The number of benzene rings is 2. The van der Waals surface area contributed by atoms with E-state index in [4.69, 9.17) is 17.0 Å². The van der Waals surface area contributed by atoms with Crippen molar-refractivity contribution in [2.24, 2.45) is 5.92 Å². The number of ether oxygens (including phenoxy) is 1. The predicted octanol–water partition coefficient (Wildman–Crippen LogP) is 3.87. The van der Waals surface area contributed by atoms with Crippen LogP contribution in [0.4, 0.5) is 5.69 Å². The van der Waals surface area contributed by atoms with E-state index in [1.54, 1.807) is 29.2 Å². The average molecular weight is 342 g/mol. The summed E-state index contributed by atoms with van der Waals surface area (Å²) in [6, 6.07) is 16.7. The fraction of sp³-hybridized carbons (Fsp3) is 0.263.